The van der Waals surface area contributed by atoms with Crippen LogP contribution in [0, 0.1) is 5.92 Å². The van der Waals surface area contributed by atoms with Crippen LogP contribution in [-0.4, -0.2) is 29.8 Å². The van der Waals surface area contributed by atoms with Crippen LogP contribution in [0.2, 0.25) is 0 Å². The number of hydrogen-bond acceptors (Lipinski definition) is 3. The van der Waals surface area contributed by atoms with Crippen molar-refractivity contribution in [2.24, 2.45) is 5.92 Å². The van der Waals surface area contributed by atoms with E-state index in [-0.39, 0.29) is 17.7 Å². The van der Waals surface area contributed by atoms with Crippen LogP contribution in [0.4, 0.5) is 0 Å². The number of carbonyl (C=O) groups is 2. The summed E-state index contributed by atoms with van der Waals surface area (Å²) in [6.07, 6.45) is 2.73. The van der Waals surface area contributed by atoms with Gasteiger partial charge in [0.05, 0.1) is 13.2 Å². The minimum atomic E-state index is -0.0289. The molecule has 0 atom stereocenters. The first-order valence-corrected chi connectivity index (χ1v) is 12.5. The molecule has 5 heteroatoms. The number of likely N-dealkylation sites (tertiary alicyclic amines) is 1. The Bertz CT molecular complexity index is 1060. The second-order valence-electron chi connectivity index (χ2n) is 9.15. The summed E-state index contributed by atoms with van der Waals surface area (Å²) in [6.45, 7) is 2.98. The van der Waals surface area contributed by atoms with E-state index in [1.54, 1.807) is 0 Å². The summed E-state index contributed by atoms with van der Waals surface area (Å²) in [5, 5.41) is 3.07. The topological polar surface area (TPSA) is 58.6 Å². The lowest BCUT2D eigenvalue weighted by Gasteiger charge is -2.31. The van der Waals surface area contributed by atoms with E-state index in [1.165, 1.54) is 5.56 Å². The molecule has 3 aromatic rings. The summed E-state index contributed by atoms with van der Waals surface area (Å²) in [4.78, 5) is 27.1. The fraction of sp³-hybridized carbons (Fsp3) is 0.333. The molecule has 1 aliphatic heterocycles. The zero-order chi connectivity index (χ0) is 24.3. The fourth-order valence-electron chi connectivity index (χ4n) is 4.39. The molecule has 1 saturated heterocycles. The quantitative estimate of drug-likeness (QED) is 0.459. The molecule has 3 aromatic carbocycles. The van der Waals surface area contributed by atoms with Gasteiger partial charge in [-0.3, -0.25) is 9.59 Å². The molecule has 0 bridgehead atoms. The highest BCUT2D eigenvalue weighted by atomic mass is 16.5. The number of aryl methyl sites for hydroxylation is 1. The van der Waals surface area contributed by atoms with Crippen LogP contribution in [0.3, 0.4) is 0 Å². The summed E-state index contributed by atoms with van der Waals surface area (Å²) in [7, 11) is 0. The summed E-state index contributed by atoms with van der Waals surface area (Å²) < 4.78 is 5.79. The van der Waals surface area contributed by atoms with Crippen molar-refractivity contribution in [3.05, 3.63) is 107 Å². The predicted octanol–water partition coefficient (Wildman–Crippen LogP) is 4.89. The molecule has 0 aliphatic carbocycles. The first-order chi connectivity index (χ1) is 17.2. The van der Waals surface area contributed by atoms with Crippen LogP contribution >= 0.6 is 0 Å². The van der Waals surface area contributed by atoms with E-state index >= 15 is 0 Å². The van der Waals surface area contributed by atoms with Gasteiger partial charge in [-0.2, -0.15) is 0 Å². The van der Waals surface area contributed by atoms with E-state index in [2.05, 4.69) is 29.6 Å². The van der Waals surface area contributed by atoms with Gasteiger partial charge in [0, 0.05) is 32.0 Å². The number of benzene rings is 3. The average molecular weight is 471 g/mol. The van der Waals surface area contributed by atoms with E-state index in [1.807, 2.05) is 65.6 Å². The lowest BCUT2D eigenvalue weighted by Crippen LogP contribution is -2.43. The molecule has 0 spiro atoms. The molecule has 0 aromatic heterocycles. The SMILES string of the molecule is O=C(NCc1ccc(COCc2ccccc2)cc1)C1CCN(C(=O)CCc2ccccc2)CC1. The van der Waals surface area contributed by atoms with Crippen molar-refractivity contribution in [1.29, 1.82) is 0 Å². The Labute approximate surface area is 208 Å². The fourth-order valence-corrected chi connectivity index (χ4v) is 4.39. The Balaban J connectivity index is 1.13. The third-order valence-electron chi connectivity index (χ3n) is 6.56. The van der Waals surface area contributed by atoms with Crippen molar-refractivity contribution in [1.82, 2.24) is 10.2 Å². The zero-order valence-corrected chi connectivity index (χ0v) is 20.2. The summed E-state index contributed by atoms with van der Waals surface area (Å²) in [5.74, 6) is 0.232. The van der Waals surface area contributed by atoms with Crippen LogP contribution in [-0.2, 0) is 40.5 Å². The maximum absolute atomic E-state index is 12.7. The second-order valence-corrected chi connectivity index (χ2v) is 9.15. The monoisotopic (exact) mass is 470 g/mol. The molecule has 1 fully saturated rings. The molecule has 0 radical (unpaired) electrons. The predicted molar refractivity (Wildman–Crippen MR) is 137 cm³/mol. The highest BCUT2D eigenvalue weighted by molar-refractivity contribution is 5.80. The van der Waals surface area contributed by atoms with Crippen molar-refractivity contribution in [3.63, 3.8) is 0 Å². The first-order valence-electron chi connectivity index (χ1n) is 12.5. The van der Waals surface area contributed by atoms with E-state index in [4.69, 9.17) is 4.74 Å². The largest absolute Gasteiger partial charge is 0.372 e. The number of rotatable bonds is 10. The van der Waals surface area contributed by atoms with E-state index in [0.717, 1.165) is 36.0 Å². The molecule has 0 saturated carbocycles. The van der Waals surface area contributed by atoms with Gasteiger partial charge >= 0.3 is 0 Å². The Morgan fingerprint density at radius 3 is 1.91 bits per heavy atom. The molecule has 35 heavy (non-hydrogen) atoms. The average Bonchev–Trinajstić information content (AvgIpc) is 2.92. The number of hydrogen-bond donors (Lipinski definition) is 1. The Morgan fingerprint density at radius 2 is 1.29 bits per heavy atom. The molecule has 5 nitrogen and oxygen atoms in total. The van der Waals surface area contributed by atoms with Crippen LogP contribution < -0.4 is 5.32 Å². The molecule has 1 aliphatic rings. The molecule has 182 valence electrons. The number of piperidine rings is 1. The van der Waals surface area contributed by atoms with Crippen LogP contribution in [0.1, 0.15) is 41.5 Å². The minimum Gasteiger partial charge on any atom is -0.372 e. The van der Waals surface area contributed by atoms with Gasteiger partial charge in [-0.05, 0) is 41.5 Å². The van der Waals surface area contributed by atoms with Crippen molar-refractivity contribution in [2.75, 3.05) is 13.1 Å². The minimum absolute atomic E-state index is 0.0289. The Morgan fingerprint density at radius 1 is 0.743 bits per heavy atom. The first kappa shape index (κ1) is 24.7. The van der Waals surface area contributed by atoms with Crippen molar-refractivity contribution in [2.45, 2.75) is 45.4 Å². The highest BCUT2D eigenvalue weighted by Crippen LogP contribution is 2.19. The number of ether oxygens (including phenoxy) is 1. The van der Waals surface area contributed by atoms with Crippen LogP contribution in [0.15, 0.2) is 84.9 Å². The van der Waals surface area contributed by atoms with Crippen LogP contribution in [0.25, 0.3) is 0 Å². The number of nitrogens with one attached hydrogen (secondary N) is 1. The van der Waals surface area contributed by atoms with Crippen molar-refractivity contribution < 1.29 is 14.3 Å². The van der Waals surface area contributed by atoms with Gasteiger partial charge < -0.3 is 15.0 Å². The smallest absolute Gasteiger partial charge is 0.223 e. The van der Waals surface area contributed by atoms with Gasteiger partial charge in [-0.1, -0.05) is 84.9 Å². The van der Waals surface area contributed by atoms with Gasteiger partial charge in [-0.25, -0.2) is 0 Å². The van der Waals surface area contributed by atoms with E-state index in [9.17, 15) is 9.59 Å². The molecular formula is C30H34N2O3. The van der Waals surface area contributed by atoms with Gasteiger partial charge in [0.2, 0.25) is 11.8 Å². The van der Waals surface area contributed by atoms with Gasteiger partial charge in [-0.15, -0.1) is 0 Å². The number of carbonyl (C=O) groups excluding carboxylic acids is 2. The van der Waals surface area contributed by atoms with Crippen molar-refractivity contribution >= 4 is 11.8 Å². The van der Waals surface area contributed by atoms with E-state index in [0.29, 0.717) is 39.3 Å². The van der Waals surface area contributed by atoms with Gasteiger partial charge in [0.15, 0.2) is 0 Å². The summed E-state index contributed by atoms with van der Waals surface area (Å²) in [5.41, 5.74) is 4.52. The standard InChI is InChI=1S/C30H34N2O3/c33-29(16-15-24-7-3-1-4-8-24)32-19-17-28(18-20-32)30(34)31-21-25-11-13-27(14-12-25)23-35-22-26-9-5-2-6-10-26/h1-14,28H,15-23H2,(H,31,34). The summed E-state index contributed by atoms with van der Waals surface area (Å²) >= 11 is 0. The molecule has 0 unspecified atom stereocenters. The Hall–Kier alpha value is -3.44. The van der Waals surface area contributed by atoms with Crippen molar-refractivity contribution in [3.8, 4) is 0 Å². The molecule has 2 amide bonds. The molecule has 4 rings (SSSR count). The molecule has 1 N–H and O–H groups in total. The third kappa shape index (κ3) is 7.79. The highest BCUT2D eigenvalue weighted by Gasteiger charge is 2.26. The lowest BCUT2D eigenvalue weighted by molar-refractivity contribution is -0.135. The van der Waals surface area contributed by atoms with Gasteiger partial charge in [0.25, 0.3) is 0 Å². The number of nitrogens with zero attached hydrogens (tertiary/aromatic N) is 1. The zero-order valence-electron chi connectivity index (χ0n) is 20.2. The molecular weight excluding hydrogens is 436 g/mol. The van der Waals surface area contributed by atoms with E-state index < -0.39 is 0 Å². The van der Waals surface area contributed by atoms with Crippen LogP contribution in [0.5, 0.6) is 0 Å². The van der Waals surface area contributed by atoms with Gasteiger partial charge in [0.1, 0.15) is 0 Å². The second kappa shape index (κ2) is 12.9. The molecule has 1 heterocycles. The maximum Gasteiger partial charge on any atom is 0.223 e. The third-order valence-corrected chi connectivity index (χ3v) is 6.56. The summed E-state index contributed by atoms with van der Waals surface area (Å²) in [6, 6.07) is 28.4. The Kier molecular flexibility index (Phi) is 9.07. The number of amides is 2. The lowest BCUT2D eigenvalue weighted by atomic mass is 9.95. The normalized spacial score (nSPS) is 14.0. The maximum atomic E-state index is 12.7.